The van der Waals surface area contributed by atoms with Crippen LogP contribution in [-0.4, -0.2) is 52.4 Å². The fraction of sp³-hybridized carbons (Fsp3) is 0.812. The Morgan fingerprint density at radius 3 is 2.18 bits per heavy atom. The van der Waals surface area contributed by atoms with Gasteiger partial charge in [0.1, 0.15) is 5.60 Å². The van der Waals surface area contributed by atoms with Crippen LogP contribution in [0, 0.1) is 11.8 Å². The number of hydrogen-bond acceptors (Lipinski definition) is 4. The van der Waals surface area contributed by atoms with E-state index in [1.165, 1.54) is 4.90 Å². The van der Waals surface area contributed by atoms with Crippen molar-refractivity contribution in [3.8, 4) is 0 Å². The summed E-state index contributed by atoms with van der Waals surface area (Å²) in [6.45, 7) is 10.0. The van der Waals surface area contributed by atoms with E-state index in [4.69, 9.17) is 4.74 Å². The SMILES string of the molecule is C[C@H]1C(=O)N([C@H]2CCCN(C(=O)OC(C)(C)C)C2)C(=O)[C@@H]1C. The minimum Gasteiger partial charge on any atom is -0.444 e. The molecule has 22 heavy (non-hydrogen) atoms. The summed E-state index contributed by atoms with van der Waals surface area (Å²) in [5, 5.41) is 0. The number of nitrogens with zero attached hydrogens (tertiary/aromatic N) is 2. The van der Waals surface area contributed by atoms with Crippen molar-refractivity contribution in [1.29, 1.82) is 0 Å². The summed E-state index contributed by atoms with van der Waals surface area (Å²) in [6.07, 6.45) is 1.14. The molecule has 124 valence electrons. The third-order valence-corrected chi connectivity index (χ3v) is 4.42. The van der Waals surface area contributed by atoms with Crippen LogP contribution in [0.4, 0.5) is 4.79 Å². The fourth-order valence-electron chi connectivity index (χ4n) is 2.99. The minimum absolute atomic E-state index is 0.117. The van der Waals surface area contributed by atoms with Crippen LogP contribution >= 0.6 is 0 Å². The molecule has 3 atom stereocenters. The number of ether oxygens (including phenoxy) is 1. The molecule has 0 aliphatic carbocycles. The number of amides is 3. The highest BCUT2D eigenvalue weighted by Gasteiger charge is 2.46. The molecule has 3 amide bonds. The summed E-state index contributed by atoms with van der Waals surface area (Å²) in [7, 11) is 0. The maximum Gasteiger partial charge on any atom is 0.410 e. The van der Waals surface area contributed by atoms with E-state index in [-0.39, 0.29) is 35.8 Å². The average molecular weight is 310 g/mol. The van der Waals surface area contributed by atoms with Gasteiger partial charge in [0, 0.05) is 24.9 Å². The van der Waals surface area contributed by atoms with E-state index in [1.54, 1.807) is 18.7 Å². The molecule has 2 heterocycles. The van der Waals surface area contributed by atoms with Crippen LogP contribution in [-0.2, 0) is 14.3 Å². The third kappa shape index (κ3) is 3.25. The Balaban J connectivity index is 2.06. The standard InChI is InChI=1S/C16H26N2O4/c1-10-11(2)14(20)18(13(10)19)12-7-6-8-17(9-12)15(21)22-16(3,4)5/h10-12H,6-9H2,1-5H3/t10-,11-,12+/m1/s1. The van der Waals surface area contributed by atoms with Gasteiger partial charge in [0.05, 0.1) is 6.04 Å². The molecule has 6 heteroatoms. The second-order valence-corrected chi connectivity index (χ2v) is 7.35. The maximum atomic E-state index is 12.3. The molecular weight excluding hydrogens is 284 g/mol. The molecule has 2 rings (SSSR count). The molecule has 0 saturated carbocycles. The molecule has 0 radical (unpaired) electrons. The topological polar surface area (TPSA) is 66.9 Å². The predicted octanol–water partition coefficient (Wildman–Crippen LogP) is 2.03. The zero-order valence-electron chi connectivity index (χ0n) is 14.1. The summed E-state index contributed by atoms with van der Waals surface area (Å²) in [5.41, 5.74) is -0.549. The Bertz CT molecular complexity index is 463. The van der Waals surface area contributed by atoms with E-state index < -0.39 is 5.60 Å². The van der Waals surface area contributed by atoms with Crippen LogP contribution in [0.1, 0.15) is 47.5 Å². The van der Waals surface area contributed by atoms with Crippen molar-refractivity contribution in [1.82, 2.24) is 9.80 Å². The average Bonchev–Trinajstić information content (AvgIpc) is 2.61. The van der Waals surface area contributed by atoms with Crippen LogP contribution in [0.25, 0.3) is 0 Å². The molecule has 0 bridgehead atoms. The number of imide groups is 1. The van der Waals surface area contributed by atoms with Crippen LogP contribution in [0.5, 0.6) is 0 Å². The number of likely N-dealkylation sites (tertiary alicyclic amines) is 2. The van der Waals surface area contributed by atoms with Crippen molar-refractivity contribution in [2.45, 2.75) is 59.1 Å². The minimum atomic E-state index is -0.549. The first kappa shape index (κ1) is 16.8. The second kappa shape index (κ2) is 5.89. The molecule has 0 unspecified atom stereocenters. The zero-order valence-corrected chi connectivity index (χ0v) is 14.1. The Hall–Kier alpha value is -1.59. The lowest BCUT2D eigenvalue weighted by Gasteiger charge is -2.37. The third-order valence-electron chi connectivity index (χ3n) is 4.42. The van der Waals surface area contributed by atoms with Gasteiger partial charge in [-0.05, 0) is 33.6 Å². The van der Waals surface area contributed by atoms with Gasteiger partial charge in [-0.1, -0.05) is 13.8 Å². The van der Waals surface area contributed by atoms with Crippen LogP contribution in [0.15, 0.2) is 0 Å². The Morgan fingerprint density at radius 2 is 1.68 bits per heavy atom. The van der Waals surface area contributed by atoms with Crippen LogP contribution in [0.2, 0.25) is 0 Å². The maximum absolute atomic E-state index is 12.3. The molecule has 2 saturated heterocycles. The molecule has 0 spiro atoms. The molecule has 0 N–H and O–H groups in total. The first-order valence-electron chi connectivity index (χ1n) is 7.96. The highest BCUT2D eigenvalue weighted by Crippen LogP contribution is 2.30. The number of carbonyl (C=O) groups is 3. The lowest BCUT2D eigenvalue weighted by Crippen LogP contribution is -2.52. The number of carbonyl (C=O) groups excluding carboxylic acids is 3. The first-order valence-corrected chi connectivity index (χ1v) is 7.96. The summed E-state index contributed by atoms with van der Waals surface area (Å²) in [5.74, 6) is -0.782. The van der Waals surface area contributed by atoms with Crippen LogP contribution in [0.3, 0.4) is 0 Å². The highest BCUT2D eigenvalue weighted by molar-refractivity contribution is 6.05. The van der Waals surface area contributed by atoms with E-state index in [1.807, 2.05) is 20.8 Å². The smallest absolute Gasteiger partial charge is 0.410 e. The van der Waals surface area contributed by atoms with E-state index in [0.29, 0.717) is 13.1 Å². The lowest BCUT2D eigenvalue weighted by atomic mass is 10.00. The van der Waals surface area contributed by atoms with Gasteiger partial charge in [0.2, 0.25) is 11.8 Å². The molecule has 0 aromatic carbocycles. The van der Waals surface area contributed by atoms with Crippen molar-refractivity contribution >= 4 is 17.9 Å². The number of rotatable bonds is 1. The summed E-state index contributed by atoms with van der Waals surface area (Å²) in [4.78, 5) is 39.8. The Morgan fingerprint density at radius 1 is 1.14 bits per heavy atom. The first-order chi connectivity index (χ1) is 10.1. The van der Waals surface area contributed by atoms with Gasteiger partial charge in [-0.3, -0.25) is 14.5 Å². The largest absolute Gasteiger partial charge is 0.444 e. The molecule has 6 nitrogen and oxygen atoms in total. The van der Waals surface area contributed by atoms with Gasteiger partial charge in [-0.25, -0.2) is 4.79 Å². The van der Waals surface area contributed by atoms with E-state index >= 15 is 0 Å². The molecule has 2 aliphatic heterocycles. The van der Waals surface area contributed by atoms with Gasteiger partial charge < -0.3 is 9.64 Å². The highest BCUT2D eigenvalue weighted by atomic mass is 16.6. The number of hydrogen-bond donors (Lipinski definition) is 0. The molecule has 2 fully saturated rings. The Kier molecular flexibility index (Phi) is 4.49. The summed E-state index contributed by atoms with van der Waals surface area (Å²) < 4.78 is 5.38. The Labute approximate surface area is 131 Å². The van der Waals surface area contributed by atoms with Gasteiger partial charge in [-0.15, -0.1) is 0 Å². The van der Waals surface area contributed by atoms with Crippen molar-refractivity contribution < 1.29 is 19.1 Å². The van der Waals surface area contributed by atoms with Crippen molar-refractivity contribution in [2.75, 3.05) is 13.1 Å². The summed E-state index contributed by atoms with van der Waals surface area (Å²) in [6, 6.07) is -0.228. The quantitative estimate of drug-likeness (QED) is 0.695. The van der Waals surface area contributed by atoms with Gasteiger partial charge in [0.25, 0.3) is 0 Å². The number of piperidine rings is 1. The van der Waals surface area contributed by atoms with Crippen LogP contribution < -0.4 is 0 Å². The summed E-state index contributed by atoms with van der Waals surface area (Å²) >= 11 is 0. The van der Waals surface area contributed by atoms with Gasteiger partial charge in [-0.2, -0.15) is 0 Å². The second-order valence-electron chi connectivity index (χ2n) is 7.35. The monoisotopic (exact) mass is 310 g/mol. The van der Waals surface area contributed by atoms with Crippen molar-refractivity contribution in [3.63, 3.8) is 0 Å². The van der Waals surface area contributed by atoms with E-state index in [0.717, 1.165) is 12.8 Å². The van der Waals surface area contributed by atoms with Gasteiger partial charge >= 0.3 is 6.09 Å². The lowest BCUT2D eigenvalue weighted by molar-refractivity contribution is -0.143. The molecule has 2 aliphatic rings. The van der Waals surface area contributed by atoms with Crippen molar-refractivity contribution in [2.24, 2.45) is 11.8 Å². The zero-order chi connectivity index (χ0) is 16.7. The predicted molar refractivity (Wildman–Crippen MR) is 81.0 cm³/mol. The van der Waals surface area contributed by atoms with E-state index in [2.05, 4.69) is 0 Å². The van der Waals surface area contributed by atoms with E-state index in [9.17, 15) is 14.4 Å². The normalized spacial score (nSPS) is 30.0. The molecule has 0 aromatic heterocycles. The molecule has 0 aromatic rings. The fourth-order valence-corrected chi connectivity index (χ4v) is 2.99. The van der Waals surface area contributed by atoms with Crippen molar-refractivity contribution in [3.05, 3.63) is 0 Å². The van der Waals surface area contributed by atoms with Gasteiger partial charge in [0.15, 0.2) is 0 Å². The molecular formula is C16H26N2O4.